The molecule has 0 aromatic heterocycles. The number of benzene rings is 1. The largest absolute Gasteiger partial charge is 0.494 e. The van der Waals surface area contributed by atoms with E-state index < -0.39 is 5.97 Å². The van der Waals surface area contributed by atoms with Gasteiger partial charge >= 0.3 is 5.97 Å². The van der Waals surface area contributed by atoms with Crippen LogP contribution < -0.4 is 19.9 Å². The van der Waals surface area contributed by atoms with E-state index in [4.69, 9.17) is 24.7 Å². The fourth-order valence-corrected chi connectivity index (χ4v) is 2.00. The number of nitrogens with two attached hydrogens (primary N) is 1. The third kappa shape index (κ3) is 2.74. The summed E-state index contributed by atoms with van der Waals surface area (Å²) >= 11 is 0. The van der Waals surface area contributed by atoms with Crippen LogP contribution in [-0.2, 0) is 4.74 Å². The molecule has 112 valence electrons. The van der Waals surface area contributed by atoms with Crippen LogP contribution in [0.4, 0.5) is 5.69 Å². The molecule has 6 nitrogen and oxygen atoms in total. The molecule has 1 aromatic carbocycles. The van der Waals surface area contributed by atoms with Crippen molar-refractivity contribution in [3.8, 4) is 17.2 Å². The Balaban J connectivity index is 3.51. The molecule has 0 spiro atoms. The number of anilines is 1. The van der Waals surface area contributed by atoms with Crippen molar-refractivity contribution in [2.45, 2.75) is 20.3 Å². The van der Waals surface area contributed by atoms with Crippen LogP contribution in [-0.4, -0.2) is 33.9 Å². The molecule has 0 atom stereocenters. The number of carbonyl (C=O) groups is 1. The second-order valence-electron chi connectivity index (χ2n) is 4.15. The first kappa shape index (κ1) is 15.9. The number of nitrogen functional groups attached to an aromatic ring is 1. The highest BCUT2D eigenvalue weighted by Crippen LogP contribution is 2.45. The molecular weight excluding hydrogens is 262 g/mol. The van der Waals surface area contributed by atoms with Gasteiger partial charge in [0.1, 0.15) is 11.3 Å². The molecule has 0 saturated carbocycles. The molecule has 0 radical (unpaired) electrons. The van der Waals surface area contributed by atoms with E-state index in [0.717, 1.165) is 0 Å². The van der Waals surface area contributed by atoms with Gasteiger partial charge in [-0.2, -0.15) is 0 Å². The Kier molecular flexibility index (Phi) is 5.49. The van der Waals surface area contributed by atoms with E-state index in [1.807, 2.05) is 6.92 Å². The molecule has 0 aliphatic rings. The highest BCUT2D eigenvalue weighted by Gasteiger charge is 2.28. The summed E-state index contributed by atoms with van der Waals surface area (Å²) in [5.74, 6) is 0.482. The summed E-state index contributed by atoms with van der Waals surface area (Å²) in [6.45, 7) is 3.99. The molecule has 0 aliphatic heterocycles. The van der Waals surface area contributed by atoms with E-state index in [-0.39, 0.29) is 17.0 Å². The molecule has 1 rings (SSSR count). The minimum atomic E-state index is -0.558. The maximum Gasteiger partial charge on any atom is 0.344 e. The number of carbonyl (C=O) groups excluding carboxylic acids is 1. The van der Waals surface area contributed by atoms with Crippen molar-refractivity contribution < 1.29 is 23.7 Å². The van der Waals surface area contributed by atoms with Crippen LogP contribution in [0.5, 0.6) is 17.2 Å². The summed E-state index contributed by atoms with van der Waals surface area (Å²) in [5.41, 5.74) is 6.98. The second-order valence-corrected chi connectivity index (χ2v) is 4.15. The van der Waals surface area contributed by atoms with Gasteiger partial charge in [0, 0.05) is 5.56 Å². The van der Waals surface area contributed by atoms with Crippen LogP contribution in [0, 0.1) is 6.92 Å². The first-order valence-corrected chi connectivity index (χ1v) is 6.28. The van der Waals surface area contributed by atoms with Crippen LogP contribution in [0.3, 0.4) is 0 Å². The van der Waals surface area contributed by atoms with Crippen molar-refractivity contribution in [1.82, 2.24) is 0 Å². The predicted molar refractivity (Wildman–Crippen MR) is 75.8 cm³/mol. The van der Waals surface area contributed by atoms with Crippen molar-refractivity contribution in [2.24, 2.45) is 0 Å². The summed E-state index contributed by atoms with van der Waals surface area (Å²) < 4.78 is 20.9. The molecule has 0 amide bonds. The molecular formula is C14H21NO5. The van der Waals surface area contributed by atoms with Crippen LogP contribution in [0.2, 0.25) is 0 Å². The average molecular weight is 283 g/mol. The van der Waals surface area contributed by atoms with Crippen molar-refractivity contribution >= 4 is 11.7 Å². The molecule has 0 saturated heterocycles. The molecule has 2 N–H and O–H groups in total. The smallest absolute Gasteiger partial charge is 0.344 e. The van der Waals surface area contributed by atoms with E-state index >= 15 is 0 Å². The maximum absolute atomic E-state index is 12.2. The Hall–Kier alpha value is -2.11. The lowest BCUT2D eigenvalue weighted by Crippen LogP contribution is -2.13. The minimum absolute atomic E-state index is 0.125. The Morgan fingerprint density at radius 3 is 2.05 bits per heavy atom. The van der Waals surface area contributed by atoms with Gasteiger partial charge in [0.25, 0.3) is 0 Å². The van der Waals surface area contributed by atoms with E-state index in [0.29, 0.717) is 30.1 Å². The Morgan fingerprint density at radius 2 is 1.60 bits per heavy atom. The summed E-state index contributed by atoms with van der Waals surface area (Å²) in [6.07, 6.45) is 0.716. The lowest BCUT2D eigenvalue weighted by Gasteiger charge is -2.19. The summed E-state index contributed by atoms with van der Waals surface area (Å²) in [6, 6.07) is 0. The summed E-state index contributed by atoms with van der Waals surface area (Å²) in [5, 5.41) is 0. The average Bonchev–Trinajstić information content (AvgIpc) is 2.44. The molecule has 0 unspecified atom stereocenters. The van der Waals surface area contributed by atoms with E-state index in [1.165, 1.54) is 21.3 Å². The third-order valence-corrected chi connectivity index (χ3v) is 2.88. The molecule has 20 heavy (non-hydrogen) atoms. The number of ether oxygens (including phenoxy) is 4. The Labute approximate surface area is 118 Å². The first-order chi connectivity index (χ1) is 9.53. The number of hydrogen-bond acceptors (Lipinski definition) is 6. The van der Waals surface area contributed by atoms with Crippen LogP contribution >= 0.6 is 0 Å². The number of esters is 1. The van der Waals surface area contributed by atoms with Crippen LogP contribution in [0.15, 0.2) is 0 Å². The summed E-state index contributed by atoms with van der Waals surface area (Å²) in [4.78, 5) is 12.2. The van der Waals surface area contributed by atoms with Crippen LogP contribution in [0.25, 0.3) is 0 Å². The van der Waals surface area contributed by atoms with Crippen LogP contribution in [0.1, 0.15) is 29.3 Å². The fourth-order valence-electron chi connectivity index (χ4n) is 2.00. The van der Waals surface area contributed by atoms with Gasteiger partial charge in [0.2, 0.25) is 0 Å². The van der Waals surface area contributed by atoms with Gasteiger partial charge in [0.05, 0.1) is 33.6 Å². The molecule has 1 aromatic rings. The van der Waals surface area contributed by atoms with E-state index in [9.17, 15) is 4.79 Å². The molecule has 6 heteroatoms. The molecule has 0 heterocycles. The molecule has 0 bridgehead atoms. The number of rotatable bonds is 6. The van der Waals surface area contributed by atoms with Crippen molar-refractivity contribution in [1.29, 1.82) is 0 Å². The van der Waals surface area contributed by atoms with Crippen molar-refractivity contribution in [3.05, 3.63) is 11.1 Å². The van der Waals surface area contributed by atoms with Gasteiger partial charge in [-0.3, -0.25) is 0 Å². The Bertz CT molecular complexity index is 499. The highest BCUT2D eigenvalue weighted by atomic mass is 16.5. The summed E-state index contributed by atoms with van der Waals surface area (Å²) in [7, 11) is 4.41. The zero-order valence-corrected chi connectivity index (χ0v) is 12.5. The number of hydrogen-bond donors (Lipinski definition) is 1. The van der Waals surface area contributed by atoms with Crippen molar-refractivity contribution in [3.63, 3.8) is 0 Å². The van der Waals surface area contributed by atoms with E-state index in [2.05, 4.69) is 0 Å². The monoisotopic (exact) mass is 283 g/mol. The third-order valence-electron chi connectivity index (χ3n) is 2.88. The molecule has 0 aliphatic carbocycles. The van der Waals surface area contributed by atoms with Gasteiger partial charge in [-0.15, -0.1) is 0 Å². The highest BCUT2D eigenvalue weighted by molar-refractivity contribution is 6.01. The minimum Gasteiger partial charge on any atom is -0.494 e. The van der Waals surface area contributed by atoms with Gasteiger partial charge in [0.15, 0.2) is 11.5 Å². The van der Waals surface area contributed by atoms with Gasteiger partial charge < -0.3 is 24.7 Å². The quantitative estimate of drug-likeness (QED) is 0.636. The zero-order chi connectivity index (χ0) is 15.3. The van der Waals surface area contributed by atoms with Gasteiger partial charge in [-0.05, 0) is 13.3 Å². The standard InChI is InChI=1S/C14H21NO5/c1-6-7-20-14(16)9-10(15)11(17-3)8(2)12(18-4)13(9)19-5/h6-7,15H2,1-5H3. The maximum atomic E-state index is 12.2. The molecule has 0 fully saturated rings. The topological polar surface area (TPSA) is 80.0 Å². The Morgan fingerprint density at radius 1 is 1.05 bits per heavy atom. The second kappa shape index (κ2) is 6.88. The van der Waals surface area contributed by atoms with Gasteiger partial charge in [-0.1, -0.05) is 6.92 Å². The van der Waals surface area contributed by atoms with E-state index in [1.54, 1.807) is 6.92 Å². The van der Waals surface area contributed by atoms with Gasteiger partial charge in [-0.25, -0.2) is 4.79 Å². The zero-order valence-electron chi connectivity index (χ0n) is 12.5. The SMILES string of the molecule is CCCOC(=O)c1c(N)c(OC)c(C)c(OC)c1OC. The van der Waals surface area contributed by atoms with Crippen molar-refractivity contribution in [2.75, 3.05) is 33.7 Å². The first-order valence-electron chi connectivity index (χ1n) is 6.28. The predicted octanol–water partition coefficient (Wildman–Crippen LogP) is 2.17. The lowest BCUT2D eigenvalue weighted by atomic mass is 10.0. The normalized spacial score (nSPS) is 10.1. The lowest BCUT2D eigenvalue weighted by molar-refractivity contribution is 0.0501. The number of methoxy groups -OCH3 is 3. The fraction of sp³-hybridized carbons (Fsp3) is 0.500.